The van der Waals surface area contributed by atoms with E-state index in [0.717, 1.165) is 45.5 Å². The Hall–Kier alpha value is -1.75. The van der Waals surface area contributed by atoms with E-state index in [2.05, 4.69) is 44.3 Å². The molecule has 5 heteroatoms. The van der Waals surface area contributed by atoms with Crippen molar-refractivity contribution >= 4 is 21.6 Å². The summed E-state index contributed by atoms with van der Waals surface area (Å²) in [5.41, 5.74) is 5.02. The largest absolute Gasteiger partial charge is 0.399 e. The number of aromatic nitrogens is 2. The Bertz CT molecular complexity index is 713. The Balaban J connectivity index is 1.99. The Kier molecular flexibility index (Phi) is 5.06. The maximum Gasteiger partial charge on any atom is 0.106 e. The second kappa shape index (κ2) is 7.21. The van der Waals surface area contributed by atoms with E-state index in [1.165, 1.54) is 12.8 Å². The van der Waals surface area contributed by atoms with Gasteiger partial charge in [0.1, 0.15) is 7.11 Å². The highest BCUT2D eigenvalue weighted by Gasteiger charge is 2.26. The minimum atomic E-state index is 0.578. The lowest BCUT2D eigenvalue weighted by atomic mass is 9.83. The van der Waals surface area contributed by atoms with E-state index in [0.29, 0.717) is 5.92 Å². The van der Waals surface area contributed by atoms with Gasteiger partial charge < -0.3 is 4.84 Å². The van der Waals surface area contributed by atoms with Gasteiger partial charge in [0.15, 0.2) is 0 Å². The van der Waals surface area contributed by atoms with Crippen LogP contribution < -0.4 is 0 Å². The van der Waals surface area contributed by atoms with Gasteiger partial charge in [0.05, 0.1) is 17.1 Å². The number of hydrogen-bond donors (Lipinski definition) is 0. The van der Waals surface area contributed by atoms with Crippen LogP contribution in [-0.4, -0.2) is 23.0 Å². The van der Waals surface area contributed by atoms with Crippen LogP contribution in [-0.2, 0) is 11.3 Å². The Morgan fingerprint density at radius 2 is 2.00 bits per heavy atom. The fourth-order valence-electron chi connectivity index (χ4n) is 3.12. The molecular weight excluding hydrogens is 354 g/mol. The number of rotatable bonds is 4. The smallest absolute Gasteiger partial charge is 0.106 e. The molecule has 1 atom stereocenters. The first kappa shape index (κ1) is 16.1. The van der Waals surface area contributed by atoms with E-state index >= 15 is 0 Å². The van der Waals surface area contributed by atoms with Crippen LogP contribution in [0.1, 0.15) is 37.4 Å². The topological polar surface area (TPSA) is 47.4 Å². The summed E-state index contributed by atoms with van der Waals surface area (Å²) in [4.78, 5) is 5.06. The third-order valence-corrected chi connectivity index (χ3v) is 4.71. The average Bonchev–Trinajstić information content (AvgIpc) is 2.56. The highest BCUT2D eigenvalue weighted by Crippen LogP contribution is 2.30. The third kappa shape index (κ3) is 3.61. The Morgan fingerprint density at radius 3 is 2.70 bits per heavy atom. The molecule has 3 rings (SSSR count). The molecule has 4 nitrogen and oxygen atoms in total. The first-order chi connectivity index (χ1) is 11.2. The normalized spacial score (nSPS) is 18.7. The monoisotopic (exact) mass is 373 g/mol. The minimum Gasteiger partial charge on any atom is -0.399 e. The van der Waals surface area contributed by atoms with E-state index < -0.39 is 0 Å². The lowest BCUT2D eigenvalue weighted by molar-refractivity contribution is 0.211. The molecule has 2 aromatic rings. The van der Waals surface area contributed by atoms with Crippen LogP contribution in [0, 0.1) is 5.92 Å². The predicted molar refractivity (Wildman–Crippen MR) is 95.4 cm³/mol. The highest BCUT2D eigenvalue weighted by atomic mass is 79.9. The van der Waals surface area contributed by atoms with Gasteiger partial charge in [-0.05, 0) is 43.4 Å². The number of halogens is 1. The van der Waals surface area contributed by atoms with Crippen molar-refractivity contribution in [2.45, 2.75) is 32.6 Å². The molecule has 1 heterocycles. The molecule has 1 aromatic heterocycles. The van der Waals surface area contributed by atoms with Crippen molar-refractivity contribution in [2.75, 3.05) is 7.11 Å². The first-order valence-corrected chi connectivity index (χ1v) is 8.73. The Morgan fingerprint density at radius 1 is 1.22 bits per heavy atom. The molecule has 120 valence electrons. The zero-order valence-electron chi connectivity index (χ0n) is 13.4. The predicted octanol–water partition coefficient (Wildman–Crippen LogP) is 4.62. The molecule has 23 heavy (non-hydrogen) atoms. The van der Waals surface area contributed by atoms with Gasteiger partial charge in [0, 0.05) is 15.6 Å². The quantitative estimate of drug-likeness (QED) is 0.734. The first-order valence-electron chi connectivity index (χ1n) is 7.94. The lowest BCUT2D eigenvalue weighted by Gasteiger charge is -2.24. The molecule has 0 spiro atoms. The summed E-state index contributed by atoms with van der Waals surface area (Å²) in [7, 11) is 1.60. The van der Waals surface area contributed by atoms with Gasteiger partial charge in [-0.15, -0.1) is 0 Å². The van der Waals surface area contributed by atoms with Crippen molar-refractivity contribution in [1.29, 1.82) is 0 Å². The second-order valence-electron chi connectivity index (χ2n) is 5.88. The van der Waals surface area contributed by atoms with Crippen molar-refractivity contribution in [1.82, 2.24) is 10.2 Å². The Labute approximate surface area is 145 Å². The highest BCUT2D eigenvalue weighted by molar-refractivity contribution is 9.10. The van der Waals surface area contributed by atoms with Gasteiger partial charge in [-0.25, -0.2) is 0 Å². The second-order valence-corrected chi connectivity index (χ2v) is 6.80. The van der Waals surface area contributed by atoms with Crippen molar-refractivity contribution in [3.63, 3.8) is 0 Å². The molecule has 1 aliphatic rings. The zero-order valence-corrected chi connectivity index (χ0v) is 15.0. The van der Waals surface area contributed by atoms with Crippen LogP contribution >= 0.6 is 15.9 Å². The molecule has 0 saturated carbocycles. The molecule has 0 unspecified atom stereocenters. The van der Waals surface area contributed by atoms with Gasteiger partial charge in [0.2, 0.25) is 0 Å². The maximum absolute atomic E-state index is 5.06. The zero-order chi connectivity index (χ0) is 16.2. The number of oxime groups is 1. The molecule has 0 radical (unpaired) electrons. The standard InChI is InChI=1S/C18H20BrN3O/c1-3-4-12-9-17-15(18(10-12)22-23-2)11-16(20-21-17)13-5-7-14(19)8-6-13/h5-8,11-12H,3-4,9-10H2,1-2H3/b22-18-/t12-/m1/s1. The molecule has 0 fully saturated rings. The van der Waals surface area contributed by atoms with Crippen molar-refractivity contribution in [2.24, 2.45) is 11.1 Å². The molecule has 1 aliphatic carbocycles. The summed E-state index contributed by atoms with van der Waals surface area (Å²) in [5, 5.41) is 13.2. The van der Waals surface area contributed by atoms with Gasteiger partial charge in [-0.1, -0.05) is 46.6 Å². The summed E-state index contributed by atoms with van der Waals surface area (Å²) in [6.07, 6.45) is 4.27. The third-order valence-electron chi connectivity index (χ3n) is 4.18. The fourth-order valence-corrected chi connectivity index (χ4v) is 3.38. The summed E-state index contributed by atoms with van der Waals surface area (Å²) in [5.74, 6) is 0.578. The molecule has 0 amide bonds. The van der Waals surface area contributed by atoms with E-state index in [1.54, 1.807) is 7.11 Å². The fraction of sp³-hybridized carbons (Fsp3) is 0.389. The molecule has 0 aliphatic heterocycles. The molecule has 0 bridgehead atoms. The van der Waals surface area contributed by atoms with Crippen LogP contribution in [0.15, 0.2) is 40.0 Å². The van der Waals surface area contributed by atoms with Crippen LogP contribution in [0.4, 0.5) is 0 Å². The number of benzene rings is 1. The van der Waals surface area contributed by atoms with Gasteiger partial charge >= 0.3 is 0 Å². The van der Waals surface area contributed by atoms with Crippen molar-refractivity contribution < 1.29 is 4.84 Å². The average molecular weight is 374 g/mol. The van der Waals surface area contributed by atoms with Gasteiger partial charge in [0.25, 0.3) is 0 Å². The van der Waals surface area contributed by atoms with Crippen molar-refractivity contribution in [3.8, 4) is 11.3 Å². The van der Waals surface area contributed by atoms with E-state index in [4.69, 9.17) is 4.84 Å². The van der Waals surface area contributed by atoms with Crippen LogP contribution in [0.25, 0.3) is 11.3 Å². The van der Waals surface area contributed by atoms with Crippen LogP contribution in [0.5, 0.6) is 0 Å². The summed E-state index contributed by atoms with van der Waals surface area (Å²) >= 11 is 3.46. The summed E-state index contributed by atoms with van der Waals surface area (Å²) in [6.45, 7) is 2.21. The SMILES string of the molecule is CCC[C@H]1C/C(=N/OC)c2cc(-c3ccc(Br)cc3)nnc2C1. The molecular formula is C18H20BrN3O. The molecule has 1 aromatic carbocycles. The molecule has 0 saturated heterocycles. The van der Waals surface area contributed by atoms with E-state index in [1.807, 2.05) is 24.3 Å². The number of hydrogen-bond acceptors (Lipinski definition) is 4. The van der Waals surface area contributed by atoms with E-state index in [-0.39, 0.29) is 0 Å². The van der Waals surface area contributed by atoms with Crippen molar-refractivity contribution in [3.05, 3.63) is 46.1 Å². The number of fused-ring (bicyclic) bond motifs is 1. The van der Waals surface area contributed by atoms with E-state index in [9.17, 15) is 0 Å². The van der Waals surface area contributed by atoms with Gasteiger partial charge in [-0.2, -0.15) is 10.2 Å². The summed E-state index contributed by atoms with van der Waals surface area (Å²) in [6, 6.07) is 10.2. The van der Waals surface area contributed by atoms with Gasteiger partial charge in [-0.3, -0.25) is 0 Å². The van der Waals surface area contributed by atoms with Crippen LogP contribution in [0.3, 0.4) is 0 Å². The van der Waals surface area contributed by atoms with Crippen LogP contribution in [0.2, 0.25) is 0 Å². The lowest BCUT2D eigenvalue weighted by Crippen LogP contribution is -2.23. The minimum absolute atomic E-state index is 0.578. The maximum atomic E-state index is 5.06. The number of nitrogens with zero attached hydrogens (tertiary/aromatic N) is 3. The molecule has 0 N–H and O–H groups in total. The summed E-state index contributed by atoms with van der Waals surface area (Å²) < 4.78 is 1.05.